The summed E-state index contributed by atoms with van der Waals surface area (Å²) in [6.07, 6.45) is 1.20. The summed E-state index contributed by atoms with van der Waals surface area (Å²) in [6.45, 7) is 3.94. The second-order valence-corrected chi connectivity index (χ2v) is 4.81. The molecule has 0 aromatic heterocycles. The van der Waals surface area contributed by atoms with Crippen LogP contribution in [0.15, 0.2) is 36.4 Å². The number of esters is 1. The molecule has 0 amide bonds. The Hall–Kier alpha value is -2.62. The van der Waals surface area contributed by atoms with Gasteiger partial charge in [0.05, 0.1) is 17.7 Å². The van der Waals surface area contributed by atoms with Crippen LogP contribution >= 0.6 is 0 Å². The van der Waals surface area contributed by atoms with Crippen LogP contribution in [0.2, 0.25) is 0 Å². The van der Waals surface area contributed by atoms with Crippen molar-refractivity contribution in [1.29, 1.82) is 0 Å². The molecule has 2 rings (SSSR count). The van der Waals surface area contributed by atoms with Crippen LogP contribution < -0.4 is 0 Å². The summed E-state index contributed by atoms with van der Waals surface area (Å²) in [4.78, 5) is 23.2. The van der Waals surface area contributed by atoms with E-state index in [0.29, 0.717) is 41.6 Å². The Kier molecular flexibility index (Phi) is 4.94. The quantitative estimate of drug-likeness (QED) is 0.676. The summed E-state index contributed by atoms with van der Waals surface area (Å²) in [7, 11) is 0. The third kappa shape index (κ3) is 3.01. The summed E-state index contributed by atoms with van der Waals surface area (Å²) < 4.78 is 5.07. The maximum Gasteiger partial charge on any atom is 0.338 e. The molecule has 0 fully saturated rings. The van der Waals surface area contributed by atoms with E-state index in [1.165, 1.54) is 0 Å². The average Bonchev–Trinajstić information content (AvgIpc) is 2.55. The molecule has 0 aliphatic rings. The van der Waals surface area contributed by atoms with Gasteiger partial charge < -0.3 is 9.84 Å². The fraction of sp³-hybridized carbons (Fsp3) is 0.222. The number of hydrogen-bond acceptors (Lipinski definition) is 4. The minimum Gasteiger partial charge on any atom is -0.507 e. The van der Waals surface area contributed by atoms with Crippen LogP contribution in [-0.4, -0.2) is 24.0 Å². The summed E-state index contributed by atoms with van der Waals surface area (Å²) in [5.41, 5.74) is 2.71. The monoisotopic (exact) mass is 298 g/mol. The van der Waals surface area contributed by atoms with Crippen molar-refractivity contribution in [3.05, 3.63) is 53.1 Å². The van der Waals surface area contributed by atoms with Crippen molar-refractivity contribution in [1.82, 2.24) is 0 Å². The van der Waals surface area contributed by atoms with Crippen molar-refractivity contribution in [3.63, 3.8) is 0 Å². The van der Waals surface area contributed by atoms with Crippen LogP contribution in [0, 0.1) is 0 Å². The number of phenols is 1. The van der Waals surface area contributed by atoms with E-state index < -0.39 is 5.97 Å². The highest BCUT2D eigenvalue weighted by Gasteiger charge is 2.16. The largest absolute Gasteiger partial charge is 0.507 e. The zero-order valence-corrected chi connectivity index (χ0v) is 12.6. The smallest absolute Gasteiger partial charge is 0.338 e. The second kappa shape index (κ2) is 6.89. The lowest BCUT2D eigenvalue weighted by Gasteiger charge is -2.12. The van der Waals surface area contributed by atoms with Gasteiger partial charge >= 0.3 is 5.97 Å². The average molecular weight is 298 g/mol. The fourth-order valence-corrected chi connectivity index (χ4v) is 2.36. The molecule has 0 aliphatic heterocycles. The van der Waals surface area contributed by atoms with E-state index in [9.17, 15) is 14.7 Å². The summed E-state index contributed by atoms with van der Waals surface area (Å²) in [5.74, 6) is -0.410. The predicted octanol–water partition coefficient (Wildman–Crippen LogP) is 3.61. The van der Waals surface area contributed by atoms with Crippen LogP contribution in [0.3, 0.4) is 0 Å². The van der Waals surface area contributed by atoms with Crippen molar-refractivity contribution < 1.29 is 19.4 Å². The first-order valence-electron chi connectivity index (χ1n) is 7.19. The molecule has 0 unspecified atom stereocenters. The van der Waals surface area contributed by atoms with Gasteiger partial charge in [-0.15, -0.1) is 0 Å². The minimum absolute atomic E-state index is 0.00475. The number of aryl methyl sites for hydroxylation is 1. The number of aldehydes is 1. The number of carbonyl (C=O) groups is 2. The first-order chi connectivity index (χ1) is 10.6. The Bertz CT molecular complexity index is 704. The highest BCUT2D eigenvalue weighted by molar-refractivity contribution is 5.98. The maximum absolute atomic E-state index is 12.1. The Balaban J connectivity index is 2.62. The molecule has 1 N–H and O–H groups in total. The van der Waals surface area contributed by atoms with Gasteiger partial charge in [-0.3, -0.25) is 4.79 Å². The molecule has 2 aromatic rings. The van der Waals surface area contributed by atoms with Gasteiger partial charge in [0.25, 0.3) is 0 Å². The molecular formula is C18H18O4. The van der Waals surface area contributed by atoms with Gasteiger partial charge in [-0.25, -0.2) is 4.79 Å². The highest BCUT2D eigenvalue weighted by atomic mass is 16.5. The Labute approximate surface area is 129 Å². The molecule has 0 atom stereocenters. The molecule has 0 saturated heterocycles. The zero-order valence-electron chi connectivity index (χ0n) is 12.6. The minimum atomic E-state index is -0.406. The number of rotatable bonds is 5. The number of carbonyl (C=O) groups excluding carboxylic acids is 2. The van der Waals surface area contributed by atoms with Gasteiger partial charge in [0.15, 0.2) is 6.29 Å². The molecule has 2 aromatic carbocycles. The Morgan fingerprint density at radius 2 is 1.95 bits per heavy atom. The van der Waals surface area contributed by atoms with E-state index in [1.807, 2.05) is 13.0 Å². The first-order valence-corrected chi connectivity index (χ1v) is 7.19. The Morgan fingerprint density at radius 3 is 2.59 bits per heavy atom. The SMILES string of the molecule is CCOC(=O)c1ccccc1-c1cc(C=O)c(O)c(CC)c1. The van der Waals surface area contributed by atoms with E-state index in [1.54, 1.807) is 37.3 Å². The van der Waals surface area contributed by atoms with E-state index >= 15 is 0 Å². The van der Waals surface area contributed by atoms with Crippen LogP contribution in [0.25, 0.3) is 11.1 Å². The number of benzene rings is 2. The topological polar surface area (TPSA) is 63.6 Å². The molecule has 4 nitrogen and oxygen atoms in total. The van der Waals surface area contributed by atoms with Gasteiger partial charge in [-0.1, -0.05) is 25.1 Å². The van der Waals surface area contributed by atoms with Crippen molar-refractivity contribution in [3.8, 4) is 16.9 Å². The third-order valence-electron chi connectivity index (χ3n) is 3.46. The van der Waals surface area contributed by atoms with Gasteiger partial charge in [-0.2, -0.15) is 0 Å². The summed E-state index contributed by atoms with van der Waals surface area (Å²) in [5, 5.41) is 10.00. The molecule has 0 radical (unpaired) electrons. The number of aromatic hydroxyl groups is 1. The zero-order chi connectivity index (χ0) is 16.1. The van der Waals surface area contributed by atoms with E-state index in [0.717, 1.165) is 0 Å². The van der Waals surface area contributed by atoms with Crippen molar-refractivity contribution in [2.45, 2.75) is 20.3 Å². The molecule has 0 heterocycles. The lowest BCUT2D eigenvalue weighted by Crippen LogP contribution is -2.06. The van der Waals surface area contributed by atoms with Crippen LogP contribution in [0.5, 0.6) is 5.75 Å². The van der Waals surface area contributed by atoms with Crippen LogP contribution in [0.1, 0.15) is 40.1 Å². The van der Waals surface area contributed by atoms with Crippen LogP contribution in [0.4, 0.5) is 0 Å². The second-order valence-electron chi connectivity index (χ2n) is 4.81. The Morgan fingerprint density at radius 1 is 1.23 bits per heavy atom. The van der Waals surface area contributed by atoms with Crippen LogP contribution in [-0.2, 0) is 11.2 Å². The van der Waals surface area contributed by atoms with Crippen molar-refractivity contribution in [2.24, 2.45) is 0 Å². The first kappa shape index (κ1) is 15.8. The van der Waals surface area contributed by atoms with Crippen molar-refractivity contribution >= 4 is 12.3 Å². The molecule has 0 saturated carbocycles. The van der Waals surface area contributed by atoms with Gasteiger partial charge in [-0.05, 0) is 48.2 Å². The van der Waals surface area contributed by atoms with Gasteiger partial charge in [0, 0.05) is 0 Å². The lowest BCUT2D eigenvalue weighted by atomic mass is 9.94. The molecule has 0 bridgehead atoms. The molecule has 4 heteroatoms. The third-order valence-corrected chi connectivity index (χ3v) is 3.46. The molecular weight excluding hydrogens is 280 g/mol. The summed E-state index contributed by atoms with van der Waals surface area (Å²) in [6, 6.07) is 10.4. The highest BCUT2D eigenvalue weighted by Crippen LogP contribution is 2.31. The van der Waals surface area contributed by atoms with E-state index in [4.69, 9.17) is 4.74 Å². The maximum atomic E-state index is 12.1. The summed E-state index contributed by atoms with van der Waals surface area (Å²) >= 11 is 0. The van der Waals surface area contributed by atoms with Gasteiger partial charge in [0.1, 0.15) is 5.75 Å². The fourth-order valence-electron chi connectivity index (χ4n) is 2.36. The molecule has 22 heavy (non-hydrogen) atoms. The van der Waals surface area contributed by atoms with E-state index in [2.05, 4.69) is 0 Å². The predicted molar refractivity (Wildman–Crippen MR) is 84.3 cm³/mol. The van der Waals surface area contributed by atoms with E-state index in [-0.39, 0.29) is 11.3 Å². The van der Waals surface area contributed by atoms with Gasteiger partial charge in [0.2, 0.25) is 0 Å². The number of hydrogen-bond donors (Lipinski definition) is 1. The van der Waals surface area contributed by atoms with Crippen molar-refractivity contribution in [2.75, 3.05) is 6.61 Å². The molecule has 114 valence electrons. The standard InChI is InChI=1S/C18H18O4/c1-3-12-9-13(10-14(11-19)17(12)20)15-7-5-6-8-16(15)18(21)22-4-2/h5-11,20H,3-4H2,1-2H3. The lowest BCUT2D eigenvalue weighted by molar-refractivity contribution is 0.0527. The molecule has 0 aliphatic carbocycles. The number of ether oxygens (including phenoxy) is 1. The number of phenolic OH excluding ortho intramolecular Hbond substituents is 1. The normalized spacial score (nSPS) is 10.3. The molecule has 0 spiro atoms.